The second-order valence-corrected chi connectivity index (χ2v) is 9.34. The zero-order valence-electron chi connectivity index (χ0n) is 15.9. The van der Waals surface area contributed by atoms with Crippen molar-refractivity contribution in [1.29, 1.82) is 0 Å². The molecule has 0 N–H and O–H groups in total. The topological polar surface area (TPSA) is 0 Å². The van der Waals surface area contributed by atoms with E-state index in [2.05, 4.69) is 6.92 Å². The van der Waals surface area contributed by atoms with Crippen LogP contribution in [0, 0.1) is 35.4 Å². The predicted molar refractivity (Wildman–Crippen MR) is 103 cm³/mol. The van der Waals surface area contributed by atoms with Crippen LogP contribution < -0.4 is 0 Å². The summed E-state index contributed by atoms with van der Waals surface area (Å²) in [5, 5.41) is 0. The zero-order valence-corrected chi connectivity index (χ0v) is 15.9. The molecule has 0 radical (unpaired) electrons. The molecule has 0 spiro atoms. The summed E-state index contributed by atoms with van der Waals surface area (Å²) in [4.78, 5) is 0. The van der Waals surface area contributed by atoms with Gasteiger partial charge in [-0.15, -0.1) is 0 Å². The highest BCUT2D eigenvalue weighted by atomic mass is 19.1. The lowest BCUT2D eigenvalue weighted by Crippen LogP contribution is -2.34. The molecule has 3 fully saturated rings. The lowest BCUT2D eigenvalue weighted by atomic mass is 9.60. The van der Waals surface area contributed by atoms with Gasteiger partial charge in [-0.25, -0.2) is 4.39 Å². The Morgan fingerprint density at radius 2 is 1.28 bits per heavy atom. The molecule has 3 saturated carbocycles. The van der Waals surface area contributed by atoms with E-state index >= 15 is 0 Å². The molecule has 138 valence electrons. The molecular formula is C24H35F. The molecule has 3 aliphatic rings. The minimum atomic E-state index is -0.105. The van der Waals surface area contributed by atoms with Crippen LogP contribution in [0.1, 0.15) is 89.0 Å². The van der Waals surface area contributed by atoms with Gasteiger partial charge in [0, 0.05) is 0 Å². The number of rotatable bonds is 3. The first-order valence-corrected chi connectivity index (χ1v) is 11.0. The largest absolute Gasteiger partial charge is 0.207 e. The van der Waals surface area contributed by atoms with Crippen LogP contribution in [-0.4, -0.2) is 0 Å². The summed E-state index contributed by atoms with van der Waals surface area (Å²) in [5.41, 5.74) is 1.36. The monoisotopic (exact) mass is 342 g/mol. The fourth-order valence-corrected chi connectivity index (χ4v) is 6.48. The molecular weight excluding hydrogens is 307 g/mol. The molecule has 0 saturated heterocycles. The highest BCUT2D eigenvalue weighted by Gasteiger charge is 2.38. The summed E-state index contributed by atoms with van der Waals surface area (Å²) in [7, 11) is 0. The normalized spacial score (nSPS) is 39.0. The molecule has 4 rings (SSSR count). The van der Waals surface area contributed by atoms with E-state index in [1.165, 1.54) is 76.2 Å². The fraction of sp³-hybridized carbons (Fsp3) is 0.750. The number of fused-ring (bicyclic) bond motifs is 1. The van der Waals surface area contributed by atoms with Gasteiger partial charge >= 0.3 is 0 Å². The third-order valence-electron chi connectivity index (χ3n) is 8.12. The summed E-state index contributed by atoms with van der Waals surface area (Å²) >= 11 is 0. The lowest BCUT2D eigenvalue weighted by Gasteiger charge is -2.45. The average molecular weight is 343 g/mol. The van der Waals surface area contributed by atoms with Crippen molar-refractivity contribution in [3.63, 3.8) is 0 Å². The van der Waals surface area contributed by atoms with Crippen molar-refractivity contribution in [2.24, 2.45) is 29.6 Å². The van der Waals surface area contributed by atoms with Crippen LogP contribution in [0.2, 0.25) is 0 Å². The Morgan fingerprint density at radius 1 is 0.720 bits per heavy atom. The van der Waals surface area contributed by atoms with E-state index in [-0.39, 0.29) is 5.82 Å². The predicted octanol–water partition coefficient (Wildman–Crippen LogP) is 7.34. The highest BCUT2D eigenvalue weighted by molar-refractivity contribution is 5.21. The zero-order chi connectivity index (χ0) is 17.2. The van der Waals surface area contributed by atoms with Gasteiger partial charge in [-0.05, 0) is 111 Å². The summed E-state index contributed by atoms with van der Waals surface area (Å²) < 4.78 is 13.1. The van der Waals surface area contributed by atoms with Crippen molar-refractivity contribution in [2.45, 2.75) is 83.5 Å². The average Bonchev–Trinajstić information content (AvgIpc) is 2.68. The van der Waals surface area contributed by atoms with E-state index in [9.17, 15) is 4.39 Å². The van der Waals surface area contributed by atoms with Crippen LogP contribution in [0.15, 0.2) is 24.3 Å². The smallest absolute Gasteiger partial charge is 0.123 e. The first-order valence-electron chi connectivity index (χ1n) is 11.0. The maximum atomic E-state index is 13.1. The quantitative estimate of drug-likeness (QED) is 0.539. The molecule has 0 heterocycles. The Balaban J connectivity index is 1.29. The maximum Gasteiger partial charge on any atom is 0.123 e. The van der Waals surface area contributed by atoms with Crippen LogP contribution in [0.4, 0.5) is 4.39 Å². The number of hydrogen-bond acceptors (Lipinski definition) is 0. The van der Waals surface area contributed by atoms with Crippen LogP contribution in [-0.2, 0) is 0 Å². The Morgan fingerprint density at radius 3 is 1.96 bits per heavy atom. The number of benzene rings is 1. The SMILES string of the molecule is CCC1CCC2CC(C3CCC(c4ccc(F)cc4)CC3)CCC2C1. The first-order chi connectivity index (χ1) is 12.2. The number of hydrogen-bond donors (Lipinski definition) is 0. The van der Waals surface area contributed by atoms with Gasteiger partial charge in [-0.1, -0.05) is 31.9 Å². The van der Waals surface area contributed by atoms with Gasteiger partial charge in [0.1, 0.15) is 5.82 Å². The van der Waals surface area contributed by atoms with Gasteiger partial charge in [0.25, 0.3) is 0 Å². The molecule has 1 aromatic rings. The second kappa shape index (κ2) is 7.80. The van der Waals surface area contributed by atoms with Crippen LogP contribution in [0.25, 0.3) is 0 Å². The van der Waals surface area contributed by atoms with E-state index in [1.54, 1.807) is 12.1 Å². The molecule has 4 unspecified atom stereocenters. The van der Waals surface area contributed by atoms with Crippen molar-refractivity contribution in [3.05, 3.63) is 35.6 Å². The van der Waals surface area contributed by atoms with Gasteiger partial charge in [0.2, 0.25) is 0 Å². The van der Waals surface area contributed by atoms with Crippen LogP contribution >= 0.6 is 0 Å². The molecule has 0 aromatic heterocycles. The molecule has 0 nitrogen and oxygen atoms in total. The fourth-order valence-electron chi connectivity index (χ4n) is 6.48. The highest BCUT2D eigenvalue weighted by Crippen LogP contribution is 2.50. The molecule has 1 aromatic carbocycles. The third kappa shape index (κ3) is 3.96. The summed E-state index contributed by atoms with van der Waals surface area (Å²) in [5.74, 6) is 5.70. The Bertz CT molecular complexity index is 540. The molecule has 0 amide bonds. The second-order valence-electron chi connectivity index (χ2n) is 9.34. The Kier molecular flexibility index (Phi) is 5.48. The molecule has 25 heavy (non-hydrogen) atoms. The standard InChI is InChI=1S/C24H35F/c1-2-17-3-4-23-16-22(10-9-21(23)15-17)20-7-5-18(6-8-20)19-11-13-24(25)14-12-19/h11-14,17-18,20-23H,2-10,15-16H2,1H3. The van der Waals surface area contributed by atoms with Gasteiger partial charge < -0.3 is 0 Å². The minimum absolute atomic E-state index is 0.105. The first kappa shape index (κ1) is 17.6. The van der Waals surface area contributed by atoms with Crippen molar-refractivity contribution in [2.75, 3.05) is 0 Å². The summed E-state index contributed by atoms with van der Waals surface area (Å²) in [6, 6.07) is 7.29. The van der Waals surface area contributed by atoms with E-state index in [0.29, 0.717) is 5.92 Å². The number of halogens is 1. The van der Waals surface area contributed by atoms with Gasteiger partial charge in [-0.3, -0.25) is 0 Å². The lowest BCUT2D eigenvalue weighted by molar-refractivity contribution is 0.0629. The van der Waals surface area contributed by atoms with E-state index < -0.39 is 0 Å². The van der Waals surface area contributed by atoms with Crippen LogP contribution in [0.3, 0.4) is 0 Å². The van der Waals surface area contributed by atoms with Gasteiger partial charge in [0.05, 0.1) is 0 Å². The van der Waals surface area contributed by atoms with Crippen molar-refractivity contribution in [3.8, 4) is 0 Å². The van der Waals surface area contributed by atoms with Crippen molar-refractivity contribution < 1.29 is 4.39 Å². The van der Waals surface area contributed by atoms with Crippen LogP contribution in [0.5, 0.6) is 0 Å². The molecule has 0 aliphatic heterocycles. The van der Waals surface area contributed by atoms with Crippen molar-refractivity contribution >= 4 is 0 Å². The Labute approximate surface area is 153 Å². The van der Waals surface area contributed by atoms with E-state index in [4.69, 9.17) is 0 Å². The molecule has 1 heteroatoms. The maximum absolute atomic E-state index is 13.1. The Hall–Kier alpha value is -0.850. The van der Waals surface area contributed by atoms with Crippen molar-refractivity contribution in [1.82, 2.24) is 0 Å². The summed E-state index contributed by atoms with van der Waals surface area (Å²) in [6.45, 7) is 2.39. The van der Waals surface area contributed by atoms with E-state index in [0.717, 1.165) is 29.6 Å². The third-order valence-corrected chi connectivity index (χ3v) is 8.12. The molecule has 4 atom stereocenters. The van der Waals surface area contributed by atoms with Gasteiger partial charge in [0.15, 0.2) is 0 Å². The minimum Gasteiger partial charge on any atom is -0.207 e. The molecule has 0 bridgehead atoms. The summed E-state index contributed by atoms with van der Waals surface area (Å²) in [6.07, 6.45) is 16.0. The molecule has 3 aliphatic carbocycles. The van der Waals surface area contributed by atoms with E-state index in [1.807, 2.05) is 12.1 Å². The van der Waals surface area contributed by atoms with Gasteiger partial charge in [-0.2, -0.15) is 0 Å².